The largest absolute Gasteiger partial charge is 4.00 e. The molecule has 0 aliphatic carbocycles. The zero-order valence-corrected chi connectivity index (χ0v) is 6.13. The zero-order valence-electron chi connectivity index (χ0n) is 2.16. The Morgan fingerprint density at radius 3 is 0.800 bits per heavy atom. The van der Waals surface area contributed by atoms with Gasteiger partial charge < -0.3 is 35.8 Å². The molecule has 0 aliphatic rings. The van der Waals surface area contributed by atoms with Crippen LogP contribution < -0.4 is 24.8 Å². The van der Waals surface area contributed by atoms with Crippen molar-refractivity contribution in [2.45, 2.75) is 0 Å². The van der Waals surface area contributed by atoms with Crippen LogP contribution in [0.5, 0.6) is 0 Å². The molecule has 2 N–H and O–H groups in total. The Bertz CT molecular complexity index is 7.61. The van der Waals surface area contributed by atoms with Crippen molar-refractivity contribution in [3.63, 3.8) is 0 Å². The van der Waals surface area contributed by atoms with E-state index in [1.165, 1.54) is 0 Å². The summed E-state index contributed by atoms with van der Waals surface area (Å²) >= 11 is 0. The third-order valence-corrected chi connectivity index (χ3v) is 0. The van der Waals surface area contributed by atoms with Crippen molar-refractivity contribution in [2.75, 3.05) is 0 Å². The van der Waals surface area contributed by atoms with Gasteiger partial charge >= 0.3 is 26.2 Å². The predicted molar refractivity (Wildman–Crippen MR) is 4.30 cm³/mol. The number of halogens is 2. The van der Waals surface area contributed by atoms with Crippen LogP contribution in [-0.4, -0.2) is 5.48 Å². The summed E-state index contributed by atoms with van der Waals surface area (Å²) in [6.45, 7) is 0. The van der Waals surface area contributed by atoms with Gasteiger partial charge in [0.1, 0.15) is 0 Å². The van der Waals surface area contributed by atoms with E-state index >= 15 is 0 Å². The van der Waals surface area contributed by atoms with Crippen LogP contribution in [0.25, 0.3) is 0 Å². The minimum absolute atomic E-state index is 0. The first kappa shape index (κ1) is 96.7. The molecule has 0 spiro atoms. The minimum atomic E-state index is 0. The van der Waals surface area contributed by atoms with Crippen molar-refractivity contribution < 1.29 is 62.0 Å². The fourth-order valence-electron chi connectivity index (χ4n) is 0. The van der Waals surface area contributed by atoms with E-state index in [2.05, 4.69) is 0 Å². The summed E-state index contributed by atoms with van der Waals surface area (Å²) in [4.78, 5) is 0. The quantitative estimate of drug-likeness (QED) is 0.370. The Labute approximate surface area is 61.9 Å². The van der Waals surface area contributed by atoms with E-state index < -0.39 is 0 Å². The van der Waals surface area contributed by atoms with Crippen LogP contribution in [0.1, 0.15) is 0 Å². The molecule has 2 nitrogen and oxygen atoms in total. The van der Waals surface area contributed by atoms with Gasteiger partial charge in [0.25, 0.3) is 0 Å². The smallest absolute Gasteiger partial charge is 2.00 e. The molecule has 5 heavy (non-hydrogen) atoms. The van der Waals surface area contributed by atoms with E-state index in [4.69, 9.17) is 0 Å². The van der Waals surface area contributed by atoms with Crippen molar-refractivity contribution in [3.8, 4) is 0 Å². The van der Waals surface area contributed by atoms with Crippen LogP contribution in [0.4, 0.5) is 0 Å². The van der Waals surface area contributed by atoms with Gasteiger partial charge in [0.2, 0.25) is 0 Å². The van der Waals surface area contributed by atoms with Gasteiger partial charge in [0, 0.05) is 0 Å². The Kier molecular flexibility index (Phi) is 1050. The first-order chi connectivity index (χ1) is 0. The second-order valence-corrected chi connectivity index (χ2v) is 0. The van der Waals surface area contributed by atoms with Crippen LogP contribution in [-0.2, 0) is 31.7 Å². The fraction of sp³-hybridized carbons (Fsp3) is 0. The summed E-state index contributed by atoms with van der Waals surface area (Å²) in [5.74, 6) is 0. The molecule has 0 aliphatic heterocycles. The molecule has 5 heteroatoms. The van der Waals surface area contributed by atoms with Gasteiger partial charge in [-0.3, -0.25) is 0 Å². The first-order valence-electron chi connectivity index (χ1n) is 0. The average molecular weight is 196 g/mol. The normalized spacial score (nSPS) is 0. The molecule has 32 valence electrons. The second-order valence-electron chi connectivity index (χ2n) is 0. The van der Waals surface area contributed by atoms with Gasteiger partial charge in [-0.15, -0.1) is 0 Å². The SMILES string of the molecule is O.[Cl-].[Cl-].[O-2].[Zr+4]. The van der Waals surface area contributed by atoms with Crippen LogP contribution in [0.15, 0.2) is 0 Å². The summed E-state index contributed by atoms with van der Waals surface area (Å²) < 4.78 is 0. The average Bonchev–Trinajstić information content (AvgIpc) is 0. The Hall–Kier alpha value is 1.38. The van der Waals surface area contributed by atoms with Crippen molar-refractivity contribution in [3.05, 3.63) is 0 Å². The summed E-state index contributed by atoms with van der Waals surface area (Å²) in [5.41, 5.74) is 0. The molecule has 0 atom stereocenters. The molecule has 0 radical (unpaired) electrons. The van der Waals surface area contributed by atoms with Crippen molar-refractivity contribution in [1.82, 2.24) is 0 Å². The van der Waals surface area contributed by atoms with Gasteiger partial charge in [0.05, 0.1) is 0 Å². The Morgan fingerprint density at radius 2 is 0.800 bits per heavy atom. The van der Waals surface area contributed by atoms with E-state index in [1.54, 1.807) is 0 Å². The van der Waals surface area contributed by atoms with Crippen LogP contribution in [0.2, 0.25) is 0 Å². The third kappa shape index (κ3) is 32.2. The van der Waals surface area contributed by atoms with Crippen LogP contribution in [0.3, 0.4) is 0 Å². The summed E-state index contributed by atoms with van der Waals surface area (Å²) in [7, 11) is 0. The standard InChI is InChI=1S/2ClH.H2O.O.Zr/h2*1H;1H2;;/q;;;-2;+4/p-2. The Morgan fingerprint density at radius 1 is 0.800 bits per heavy atom. The minimum Gasteiger partial charge on any atom is -2.00 e. The molecule has 0 saturated carbocycles. The third-order valence-electron chi connectivity index (χ3n) is 0. The predicted octanol–water partition coefficient (Wildman–Crippen LogP) is -6.94. The zero-order chi connectivity index (χ0) is 0. The summed E-state index contributed by atoms with van der Waals surface area (Å²) in [6, 6.07) is 0. The monoisotopic (exact) mass is 194 g/mol. The number of rotatable bonds is 0. The number of hydrogen-bond acceptors (Lipinski definition) is 0. The van der Waals surface area contributed by atoms with Crippen molar-refractivity contribution in [2.24, 2.45) is 0 Å². The van der Waals surface area contributed by atoms with E-state index in [0.29, 0.717) is 0 Å². The fourth-order valence-corrected chi connectivity index (χ4v) is 0. The van der Waals surface area contributed by atoms with Gasteiger partial charge in [-0.2, -0.15) is 0 Å². The summed E-state index contributed by atoms with van der Waals surface area (Å²) in [5, 5.41) is 0. The van der Waals surface area contributed by atoms with Gasteiger partial charge in [-0.25, -0.2) is 0 Å². The summed E-state index contributed by atoms with van der Waals surface area (Å²) in [6.07, 6.45) is 0. The molecule has 0 bridgehead atoms. The number of hydrogen-bond donors (Lipinski definition) is 0. The molecule has 0 aromatic carbocycles. The topological polar surface area (TPSA) is 60.0 Å². The molecular weight excluding hydrogens is 194 g/mol. The molecule has 0 unspecified atom stereocenters. The Balaban J connectivity index is 0. The second kappa shape index (κ2) is 54.1. The maximum Gasteiger partial charge on any atom is 4.00 e. The molecule has 0 rings (SSSR count). The molecule has 0 aromatic heterocycles. The molecule has 0 fully saturated rings. The van der Waals surface area contributed by atoms with Crippen molar-refractivity contribution in [1.29, 1.82) is 0 Å². The van der Waals surface area contributed by atoms with E-state index in [0.717, 1.165) is 0 Å². The van der Waals surface area contributed by atoms with Crippen LogP contribution >= 0.6 is 0 Å². The molecular formula is H2Cl2O2Zr. The maximum atomic E-state index is 0. The van der Waals surface area contributed by atoms with Gasteiger partial charge in [-0.1, -0.05) is 0 Å². The molecule has 0 amide bonds. The van der Waals surface area contributed by atoms with Crippen molar-refractivity contribution >= 4 is 0 Å². The maximum absolute atomic E-state index is 0. The van der Waals surface area contributed by atoms with Gasteiger partial charge in [-0.05, 0) is 0 Å². The van der Waals surface area contributed by atoms with E-state index in [9.17, 15) is 0 Å². The molecule has 0 heterocycles. The van der Waals surface area contributed by atoms with E-state index in [-0.39, 0.29) is 62.0 Å². The molecule has 0 aromatic rings. The first-order valence-corrected chi connectivity index (χ1v) is 0. The van der Waals surface area contributed by atoms with Gasteiger partial charge in [0.15, 0.2) is 0 Å². The van der Waals surface area contributed by atoms with E-state index in [1.807, 2.05) is 0 Å². The molecule has 0 saturated heterocycles. The van der Waals surface area contributed by atoms with Crippen LogP contribution in [0, 0.1) is 0 Å².